The topological polar surface area (TPSA) is 106 Å². The van der Waals surface area contributed by atoms with Crippen molar-refractivity contribution in [3.05, 3.63) is 36.2 Å². The number of carbonyl (C=O) groups is 2. The average Bonchev–Trinajstić information content (AvgIpc) is 3.32. The van der Waals surface area contributed by atoms with E-state index < -0.39 is 11.4 Å². The number of rotatable bonds is 5. The summed E-state index contributed by atoms with van der Waals surface area (Å²) in [6.45, 7) is 1.48. The number of fused-ring (bicyclic) bond motifs is 1. The normalized spacial score (nSPS) is 24.6. The molecule has 0 radical (unpaired) electrons. The first-order valence-corrected chi connectivity index (χ1v) is 9.05. The number of carboxylic acids is 1. The largest absolute Gasteiger partial charge is 0.481 e. The van der Waals surface area contributed by atoms with Crippen molar-refractivity contribution < 1.29 is 23.8 Å². The highest BCUT2D eigenvalue weighted by Crippen LogP contribution is 2.42. The second kappa shape index (κ2) is 7.11. The molecule has 2 atom stereocenters. The van der Waals surface area contributed by atoms with Crippen LogP contribution in [-0.4, -0.2) is 58.4 Å². The van der Waals surface area contributed by atoms with Crippen LogP contribution in [0.4, 0.5) is 0 Å². The zero-order chi connectivity index (χ0) is 18.9. The Hall–Kier alpha value is -2.74. The Morgan fingerprint density at radius 1 is 1.26 bits per heavy atom. The van der Waals surface area contributed by atoms with E-state index in [1.54, 1.807) is 4.90 Å². The Morgan fingerprint density at radius 3 is 2.81 bits per heavy atom. The summed E-state index contributed by atoms with van der Waals surface area (Å²) in [5.41, 5.74) is -0.0478. The van der Waals surface area contributed by atoms with E-state index in [0.717, 1.165) is 5.56 Å². The maximum absolute atomic E-state index is 12.6. The highest BCUT2D eigenvalue weighted by molar-refractivity contribution is 5.81. The molecule has 8 heteroatoms. The van der Waals surface area contributed by atoms with Gasteiger partial charge in [-0.1, -0.05) is 18.2 Å². The number of carbonyl (C=O) groups excluding carboxylic acids is 1. The van der Waals surface area contributed by atoms with Gasteiger partial charge >= 0.3 is 5.97 Å². The van der Waals surface area contributed by atoms with Crippen LogP contribution >= 0.6 is 0 Å². The van der Waals surface area contributed by atoms with Crippen LogP contribution in [0.15, 0.2) is 34.7 Å². The molecule has 2 fully saturated rings. The van der Waals surface area contributed by atoms with Crippen LogP contribution in [-0.2, 0) is 20.7 Å². The fourth-order valence-corrected chi connectivity index (χ4v) is 3.91. The van der Waals surface area contributed by atoms with E-state index in [9.17, 15) is 14.7 Å². The summed E-state index contributed by atoms with van der Waals surface area (Å²) in [6.07, 6.45) is 0.983. The van der Waals surface area contributed by atoms with Gasteiger partial charge in [-0.05, 0) is 18.6 Å². The van der Waals surface area contributed by atoms with Gasteiger partial charge in [-0.3, -0.25) is 9.59 Å². The molecule has 0 spiro atoms. The van der Waals surface area contributed by atoms with Gasteiger partial charge in [-0.25, -0.2) is 0 Å². The van der Waals surface area contributed by atoms with Crippen LogP contribution in [0.5, 0.6) is 0 Å². The molecule has 27 heavy (non-hydrogen) atoms. The number of carboxylic acid groups (broad SMARTS) is 1. The van der Waals surface area contributed by atoms with Crippen molar-refractivity contribution in [2.75, 3.05) is 26.3 Å². The zero-order valence-electron chi connectivity index (χ0n) is 14.8. The number of aromatic nitrogens is 2. The molecule has 1 amide bonds. The molecule has 0 bridgehead atoms. The smallest absolute Gasteiger partial charge is 0.311 e. The molecule has 1 N–H and O–H groups in total. The minimum absolute atomic E-state index is 0.0931. The molecule has 3 heterocycles. The molecule has 0 aliphatic carbocycles. The molecule has 2 aliphatic heterocycles. The van der Waals surface area contributed by atoms with E-state index in [1.807, 2.05) is 30.3 Å². The van der Waals surface area contributed by atoms with E-state index in [2.05, 4.69) is 10.2 Å². The first kappa shape index (κ1) is 17.7. The molecule has 0 unspecified atom stereocenters. The standard InChI is InChI=1S/C19H21N3O5/c23-16(22-10-14-11-26-9-8-19(14,12-22)18(24)25)7-6-15-20-21-17(27-15)13-4-2-1-3-5-13/h1-5,14H,6-12H2,(H,24,25)/t14-,19+/m0/s1. The summed E-state index contributed by atoms with van der Waals surface area (Å²) in [4.78, 5) is 26.1. The van der Waals surface area contributed by atoms with Gasteiger partial charge in [0.15, 0.2) is 0 Å². The van der Waals surface area contributed by atoms with Crippen molar-refractivity contribution in [1.82, 2.24) is 15.1 Å². The molecule has 1 aromatic heterocycles. The second-order valence-corrected chi connectivity index (χ2v) is 7.12. The lowest BCUT2D eigenvalue weighted by Crippen LogP contribution is -2.45. The average molecular weight is 371 g/mol. The van der Waals surface area contributed by atoms with Gasteiger partial charge < -0.3 is 19.2 Å². The summed E-state index contributed by atoms with van der Waals surface area (Å²) in [6, 6.07) is 9.43. The van der Waals surface area contributed by atoms with Crippen LogP contribution in [0.25, 0.3) is 11.5 Å². The Labute approximate surface area is 156 Å². The Morgan fingerprint density at radius 2 is 2.07 bits per heavy atom. The minimum atomic E-state index is -0.876. The van der Waals surface area contributed by atoms with E-state index >= 15 is 0 Å². The van der Waals surface area contributed by atoms with Crippen molar-refractivity contribution >= 4 is 11.9 Å². The number of ether oxygens (including phenoxy) is 1. The Kier molecular flexibility index (Phi) is 4.65. The van der Waals surface area contributed by atoms with Gasteiger partial charge in [0.2, 0.25) is 17.7 Å². The number of likely N-dealkylation sites (tertiary alicyclic amines) is 1. The first-order valence-electron chi connectivity index (χ1n) is 9.05. The molecular formula is C19H21N3O5. The van der Waals surface area contributed by atoms with Crippen molar-refractivity contribution in [3.63, 3.8) is 0 Å². The SMILES string of the molecule is O=C(CCc1nnc(-c2ccccc2)o1)N1C[C@H]2COCC[C@@]2(C(=O)O)C1. The Bertz CT molecular complexity index is 837. The zero-order valence-corrected chi connectivity index (χ0v) is 14.8. The molecule has 142 valence electrons. The van der Waals surface area contributed by atoms with Crippen LogP contribution in [0.1, 0.15) is 18.7 Å². The molecule has 8 nitrogen and oxygen atoms in total. The van der Waals surface area contributed by atoms with E-state index in [1.165, 1.54) is 0 Å². The fraction of sp³-hybridized carbons (Fsp3) is 0.474. The third-order valence-corrected chi connectivity index (χ3v) is 5.53. The number of nitrogens with zero attached hydrogens (tertiary/aromatic N) is 3. The second-order valence-electron chi connectivity index (χ2n) is 7.12. The lowest BCUT2D eigenvalue weighted by Gasteiger charge is -2.33. The maximum Gasteiger partial charge on any atom is 0.311 e. The number of hydrogen-bond donors (Lipinski definition) is 1. The first-order chi connectivity index (χ1) is 13.1. The third kappa shape index (κ3) is 3.32. The van der Waals surface area contributed by atoms with Gasteiger partial charge in [0.05, 0.1) is 12.0 Å². The number of benzene rings is 1. The molecular weight excluding hydrogens is 350 g/mol. The summed E-state index contributed by atoms with van der Waals surface area (Å²) in [5, 5.41) is 17.7. The number of hydrogen-bond acceptors (Lipinski definition) is 6. The molecule has 0 saturated carbocycles. The number of aliphatic carboxylic acids is 1. The molecule has 2 aliphatic rings. The van der Waals surface area contributed by atoms with Crippen LogP contribution in [0.3, 0.4) is 0 Å². The summed E-state index contributed by atoms with van der Waals surface area (Å²) in [7, 11) is 0. The third-order valence-electron chi connectivity index (χ3n) is 5.53. The van der Waals surface area contributed by atoms with Crippen molar-refractivity contribution in [3.8, 4) is 11.5 Å². The van der Waals surface area contributed by atoms with Gasteiger partial charge in [0, 0.05) is 44.0 Å². The van der Waals surface area contributed by atoms with Crippen molar-refractivity contribution in [2.24, 2.45) is 11.3 Å². The molecule has 2 saturated heterocycles. The van der Waals surface area contributed by atoms with Gasteiger partial charge in [0.1, 0.15) is 0 Å². The van der Waals surface area contributed by atoms with Crippen molar-refractivity contribution in [1.29, 1.82) is 0 Å². The highest BCUT2D eigenvalue weighted by Gasteiger charge is 2.54. The van der Waals surface area contributed by atoms with E-state index in [4.69, 9.17) is 9.15 Å². The summed E-state index contributed by atoms with van der Waals surface area (Å²) in [5.74, 6) is -0.261. The Balaban J connectivity index is 1.38. The summed E-state index contributed by atoms with van der Waals surface area (Å²) >= 11 is 0. The lowest BCUT2D eigenvalue weighted by molar-refractivity contribution is -0.157. The molecule has 4 rings (SSSR count). The summed E-state index contributed by atoms with van der Waals surface area (Å²) < 4.78 is 11.1. The minimum Gasteiger partial charge on any atom is -0.481 e. The van der Waals surface area contributed by atoms with Crippen LogP contribution < -0.4 is 0 Å². The van der Waals surface area contributed by atoms with Crippen LogP contribution in [0.2, 0.25) is 0 Å². The van der Waals surface area contributed by atoms with E-state index in [-0.39, 0.29) is 24.8 Å². The predicted octanol–water partition coefficient (Wildman–Crippen LogP) is 1.62. The monoisotopic (exact) mass is 371 g/mol. The quantitative estimate of drug-likeness (QED) is 0.851. The van der Waals surface area contributed by atoms with Gasteiger partial charge in [-0.2, -0.15) is 0 Å². The number of aryl methyl sites for hydroxylation is 1. The van der Waals surface area contributed by atoms with Crippen molar-refractivity contribution in [2.45, 2.75) is 19.3 Å². The van der Waals surface area contributed by atoms with Crippen LogP contribution in [0, 0.1) is 11.3 Å². The highest BCUT2D eigenvalue weighted by atomic mass is 16.5. The molecule has 1 aromatic carbocycles. The maximum atomic E-state index is 12.6. The number of amides is 1. The van der Waals surface area contributed by atoms with E-state index in [0.29, 0.717) is 44.4 Å². The fourth-order valence-electron chi connectivity index (χ4n) is 3.91. The molecule has 2 aromatic rings. The lowest BCUT2D eigenvalue weighted by atomic mass is 9.74. The predicted molar refractivity (Wildman–Crippen MR) is 93.6 cm³/mol. The van der Waals surface area contributed by atoms with Gasteiger partial charge in [0.25, 0.3) is 0 Å². The van der Waals surface area contributed by atoms with Gasteiger partial charge in [-0.15, -0.1) is 10.2 Å².